The Kier molecular flexibility index (Phi) is 3.85. The van der Waals surface area contributed by atoms with Gasteiger partial charge in [0.2, 0.25) is 0 Å². The first-order valence-electron chi connectivity index (χ1n) is 6.73. The fourth-order valence-electron chi connectivity index (χ4n) is 2.49. The normalized spacial score (nSPS) is 21.5. The smallest absolute Gasteiger partial charge is 0.0921 e. The third-order valence-corrected chi connectivity index (χ3v) is 4.01. The molecule has 2 unspecified atom stereocenters. The van der Waals surface area contributed by atoms with E-state index >= 15 is 0 Å². The number of rotatable bonds is 6. The van der Waals surface area contributed by atoms with Gasteiger partial charge in [-0.3, -0.25) is 0 Å². The number of benzene rings is 1. The van der Waals surface area contributed by atoms with Crippen LogP contribution in [0, 0.1) is 11.8 Å². The van der Waals surface area contributed by atoms with Crippen LogP contribution in [-0.4, -0.2) is 16.5 Å². The predicted molar refractivity (Wildman–Crippen MR) is 77.0 cm³/mol. The van der Waals surface area contributed by atoms with Gasteiger partial charge in [0.05, 0.1) is 6.33 Å². The summed E-state index contributed by atoms with van der Waals surface area (Å²) in [5, 5.41) is 4.32. The molecule has 0 bridgehead atoms. The molecule has 0 amide bonds. The molecule has 1 fully saturated rings. The van der Waals surface area contributed by atoms with Crippen molar-refractivity contribution in [3.63, 3.8) is 0 Å². The van der Waals surface area contributed by atoms with Crippen LogP contribution in [0.3, 0.4) is 0 Å². The lowest BCUT2D eigenvalue weighted by atomic mass is 10.2. The number of H-pyrrole nitrogens is 1. The standard InChI is InChI=1S/C15H18ClN3/c16-14-3-1-11(2-4-14)7-17-8-13-5-12(13)6-15-9-18-10-19-15/h1-4,9-10,12-13,17H,5-8H2,(H,18,19). The summed E-state index contributed by atoms with van der Waals surface area (Å²) < 4.78 is 0. The highest BCUT2D eigenvalue weighted by Crippen LogP contribution is 2.40. The summed E-state index contributed by atoms with van der Waals surface area (Å²) in [6, 6.07) is 8.03. The molecule has 0 radical (unpaired) electrons. The van der Waals surface area contributed by atoms with E-state index in [1.165, 1.54) is 17.7 Å². The third-order valence-electron chi connectivity index (χ3n) is 3.75. The second kappa shape index (κ2) is 5.76. The van der Waals surface area contributed by atoms with Crippen LogP contribution >= 0.6 is 11.6 Å². The van der Waals surface area contributed by atoms with Crippen molar-refractivity contribution in [3.8, 4) is 0 Å². The lowest BCUT2D eigenvalue weighted by molar-refractivity contribution is 0.594. The van der Waals surface area contributed by atoms with Crippen LogP contribution in [0.15, 0.2) is 36.8 Å². The Labute approximate surface area is 118 Å². The van der Waals surface area contributed by atoms with Crippen LogP contribution in [0.4, 0.5) is 0 Å². The van der Waals surface area contributed by atoms with Gasteiger partial charge in [0.25, 0.3) is 0 Å². The molecular formula is C15H18ClN3. The number of aromatic nitrogens is 2. The molecule has 100 valence electrons. The van der Waals surface area contributed by atoms with Gasteiger partial charge in [-0.1, -0.05) is 23.7 Å². The van der Waals surface area contributed by atoms with Crippen molar-refractivity contribution in [1.29, 1.82) is 0 Å². The second-order valence-electron chi connectivity index (χ2n) is 5.29. The molecule has 1 aromatic heterocycles. The molecule has 0 aliphatic heterocycles. The average Bonchev–Trinajstić information content (AvgIpc) is 2.93. The van der Waals surface area contributed by atoms with Crippen LogP contribution in [0.25, 0.3) is 0 Å². The summed E-state index contributed by atoms with van der Waals surface area (Å²) in [6.45, 7) is 2.02. The Morgan fingerprint density at radius 1 is 1.26 bits per heavy atom. The van der Waals surface area contributed by atoms with Crippen molar-refractivity contribution in [1.82, 2.24) is 15.3 Å². The molecule has 3 rings (SSSR count). The summed E-state index contributed by atoms with van der Waals surface area (Å²) in [6.07, 6.45) is 6.14. The average molecular weight is 276 g/mol. The summed E-state index contributed by atoms with van der Waals surface area (Å²) in [5.74, 6) is 1.63. The Morgan fingerprint density at radius 3 is 2.84 bits per heavy atom. The highest BCUT2D eigenvalue weighted by molar-refractivity contribution is 6.30. The predicted octanol–water partition coefficient (Wildman–Crippen LogP) is 3.03. The van der Waals surface area contributed by atoms with E-state index in [1.54, 1.807) is 6.33 Å². The van der Waals surface area contributed by atoms with E-state index in [4.69, 9.17) is 11.6 Å². The maximum absolute atomic E-state index is 5.86. The Balaban J connectivity index is 1.37. The van der Waals surface area contributed by atoms with Gasteiger partial charge in [0.15, 0.2) is 0 Å². The Bertz CT molecular complexity index is 507. The molecule has 2 N–H and O–H groups in total. The summed E-state index contributed by atoms with van der Waals surface area (Å²) in [4.78, 5) is 7.23. The van der Waals surface area contributed by atoms with Gasteiger partial charge in [0.1, 0.15) is 0 Å². The fourth-order valence-corrected chi connectivity index (χ4v) is 2.62. The molecule has 2 aromatic rings. The Hall–Kier alpha value is -1.32. The number of halogens is 1. The fraction of sp³-hybridized carbons (Fsp3) is 0.400. The summed E-state index contributed by atoms with van der Waals surface area (Å²) in [7, 11) is 0. The summed E-state index contributed by atoms with van der Waals surface area (Å²) in [5.41, 5.74) is 2.54. The molecule has 0 spiro atoms. The van der Waals surface area contributed by atoms with E-state index in [0.717, 1.165) is 36.4 Å². The van der Waals surface area contributed by atoms with Crippen LogP contribution in [0.5, 0.6) is 0 Å². The van der Waals surface area contributed by atoms with Crippen molar-refractivity contribution in [3.05, 3.63) is 53.1 Å². The van der Waals surface area contributed by atoms with E-state index in [0.29, 0.717) is 0 Å². The van der Waals surface area contributed by atoms with Crippen molar-refractivity contribution in [2.75, 3.05) is 6.54 Å². The van der Waals surface area contributed by atoms with E-state index in [2.05, 4.69) is 27.4 Å². The van der Waals surface area contributed by atoms with E-state index in [1.807, 2.05) is 18.3 Å². The number of hydrogen-bond acceptors (Lipinski definition) is 2. The van der Waals surface area contributed by atoms with Gasteiger partial charge in [-0.25, -0.2) is 4.98 Å². The van der Waals surface area contributed by atoms with Gasteiger partial charge >= 0.3 is 0 Å². The van der Waals surface area contributed by atoms with Gasteiger partial charge in [-0.2, -0.15) is 0 Å². The van der Waals surface area contributed by atoms with E-state index in [-0.39, 0.29) is 0 Å². The first-order chi connectivity index (χ1) is 9.31. The highest BCUT2D eigenvalue weighted by Gasteiger charge is 2.36. The number of nitrogens with one attached hydrogen (secondary N) is 2. The van der Waals surface area contributed by atoms with Gasteiger partial charge in [-0.15, -0.1) is 0 Å². The summed E-state index contributed by atoms with van der Waals surface area (Å²) >= 11 is 5.86. The van der Waals surface area contributed by atoms with Crippen molar-refractivity contribution in [2.45, 2.75) is 19.4 Å². The first-order valence-corrected chi connectivity index (χ1v) is 7.11. The Morgan fingerprint density at radius 2 is 2.11 bits per heavy atom. The molecule has 1 heterocycles. The highest BCUT2D eigenvalue weighted by atomic mass is 35.5. The lowest BCUT2D eigenvalue weighted by Crippen LogP contribution is -2.17. The van der Waals surface area contributed by atoms with Crippen molar-refractivity contribution < 1.29 is 0 Å². The lowest BCUT2D eigenvalue weighted by Gasteiger charge is -2.04. The molecule has 19 heavy (non-hydrogen) atoms. The van der Waals surface area contributed by atoms with Crippen molar-refractivity contribution in [2.24, 2.45) is 11.8 Å². The largest absolute Gasteiger partial charge is 0.348 e. The topological polar surface area (TPSA) is 40.7 Å². The van der Waals surface area contributed by atoms with Crippen LogP contribution < -0.4 is 5.32 Å². The second-order valence-corrected chi connectivity index (χ2v) is 5.73. The zero-order valence-electron chi connectivity index (χ0n) is 10.8. The molecule has 4 heteroatoms. The zero-order chi connectivity index (χ0) is 13.1. The maximum Gasteiger partial charge on any atom is 0.0921 e. The first kappa shape index (κ1) is 12.7. The zero-order valence-corrected chi connectivity index (χ0v) is 11.5. The molecule has 2 atom stereocenters. The minimum atomic E-state index is 0.797. The molecule has 1 aliphatic rings. The number of aromatic amines is 1. The van der Waals surface area contributed by atoms with E-state index in [9.17, 15) is 0 Å². The number of nitrogens with zero attached hydrogens (tertiary/aromatic N) is 1. The quantitative estimate of drug-likeness (QED) is 0.851. The van der Waals surface area contributed by atoms with Gasteiger partial charge in [-0.05, 0) is 48.9 Å². The third kappa shape index (κ3) is 3.58. The molecule has 3 nitrogen and oxygen atoms in total. The molecule has 0 saturated heterocycles. The number of hydrogen-bond donors (Lipinski definition) is 2. The molecule has 1 aliphatic carbocycles. The molecule has 1 aromatic carbocycles. The monoisotopic (exact) mass is 275 g/mol. The van der Waals surface area contributed by atoms with Crippen LogP contribution in [0.2, 0.25) is 5.02 Å². The van der Waals surface area contributed by atoms with Gasteiger partial charge < -0.3 is 10.3 Å². The minimum Gasteiger partial charge on any atom is -0.348 e. The molecular weight excluding hydrogens is 258 g/mol. The molecule has 1 saturated carbocycles. The van der Waals surface area contributed by atoms with Crippen LogP contribution in [-0.2, 0) is 13.0 Å². The SMILES string of the molecule is Clc1ccc(CNCC2CC2Cc2cnc[nH]2)cc1. The number of imidazole rings is 1. The minimum absolute atomic E-state index is 0.797. The van der Waals surface area contributed by atoms with Crippen LogP contribution in [0.1, 0.15) is 17.7 Å². The van der Waals surface area contributed by atoms with Crippen molar-refractivity contribution >= 4 is 11.6 Å². The van der Waals surface area contributed by atoms with E-state index < -0.39 is 0 Å². The van der Waals surface area contributed by atoms with Gasteiger partial charge in [0, 0.05) is 23.5 Å². The maximum atomic E-state index is 5.86.